The van der Waals surface area contributed by atoms with E-state index in [2.05, 4.69) is 22.1 Å². The molecular weight excluding hydrogens is 200 g/mol. The second kappa shape index (κ2) is 3.67. The highest BCUT2D eigenvalue weighted by Gasteiger charge is 2.12. The van der Waals surface area contributed by atoms with Gasteiger partial charge in [0.05, 0.1) is 12.5 Å². The summed E-state index contributed by atoms with van der Waals surface area (Å²) in [5, 5.41) is 1.06. The van der Waals surface area contributed by atoms with Crippen molar-refractivity contribution in [3.8, 4) is 5.75 Å². The zero-order chi connectivity index (χ0) is 11.0. The van der Waals surface area contributed by atoms with E-state index in [1.165, 1.54) is 24.1 Å². The summed E-state index contributed by atoms with van der Waals surface area (Å²) in [4.78, 5) is 7.67. The van der Waals surface area contributed by atoms with Crippen LogP contribution in [0.3, 0.4) is 0 Å². The summed E-state index contributed by atoms with van der Waals surface area (Å²) in [6.45, 7) is 0. The summed E-state index contributed by atoms with van der Waals surface area (Å²) < 4.78 is 5.32. The number of pyridine rings is 1. The molecule has 3 nitrogen and oxygen atoms in total. The van der Waals surface area contributed by atoms with Crippen LogP contribution in [0.2, 0.25) is 0 Å². The Labute approximate surface area is 94.1 Å². The van der Waals surface area contributed by atoms with Crippen LogP contribution in [-0.4, -0.2) is 17.1 Å². The van der Waals surface area contributed by atoms with Crippen molar-refractivity contribution in [2.45, 2.75) is 19.3 Å². The molecular formula is C13H14N2O. The predicted molar refractivity (Wildman–Crippen MR) is 64.5 cm³/mol. The highest BCUT2D eigenvalue weighted by Crippen LogP contribution is 2.31. The average molecular weight is 214 g/mol. The molecule has 0 bridgehead atoms. The van der Waals surface area contributed by atoms with Crippen molar-refractivity contribution in [2.75, 3.05) is 7.11 Å². The largest absolute Gasteiger partial charge is 0.496 e. The number of rotatable bonds is 2. The Morgan fingerprint density at radius 1 is 1.44 bits per heavy atom. The normalized spacial score (nSPS) is 15.4. The van der Waals surface area contributed by atoms with Crippen molar-refractivity contribution >= 4 is 16.6 Å². The van der Waals surface area contributed by atoms with Gasteiger partial charge in [0.1, 0.15) is 11.4 Å². The molecule has 0 unspecified atom stereocenters. The number of fused-ring (bicyclic) bond motifs is 1. The van der Waals surface area contributed by atoms with Gasteiger partial charge in [-0.3, -0.25) is 0 Å². The van der Waals surface area contributed by atoms with Gasteiger partial charge in [-0.25, -0.2) is 4.98 Å². The van der Waals surface area contributed by atoms with Gasteiger partial charge in [0, 0.05) is 11.9 Å². The van der Waals surface area contributed by atoms with Crippen LogP contribution in [0, 0.1) is 0 Å². The monoisotopic (exact) mass is 214 g/mol. The first-order valence-corrected chi connectivity index (χ1v) is 5.59. The van der Waals surface area contributed by atoms with Crippen LogP contribution in [0.25, 0.3) is 16.6 Å². The number of H-pyrrole nitrogens is 1. The van der Waals surface area contributed by atoms with Gasteiger partial charge in [-0.15, -0.1) is 0 Å². The van der Waals surface area contributed by atoms with Crippen molar-refractivity contribution in [3.63, 3.8) is 0 Å². The lowest BCUT2D eigenvalue weighted by atomic mass is 10.1. The Hall–Kier alpha value is -1.77. The molecule has 0 saturated carbocycles. The number of methoxy groups -OCH3 is 1. The Kier molecular flexibility index (Phi) is 2.17. The molecule has 0 aliphatic heterocycles. The number of hydrogen-bond acceptors (Lipinski definition) is 2. The number of aromatic nitrogens is 2. The first kappa shape index (κ1) is 9.46. The number of ether oxygens (including phenoxy) is 1. The van der Waals surface area contributed by atoms with Crippen LogP contribution in [0.15, 0.2) is 24.4 Å². The van der Waals surface area contributed by atoms with E-state index >= 15 is 0 Å². The van der Waals surface area contributed by atoms with Crippen LogP contribution in [0.5, 0.6) is 5.75 Å². The van der Waals surface area contributed by atoms with Gasteiger partial charge in [-0.05, 0) is 37.0 Å². The summed E-state index contributed by atoms with van der Waals surface area (Å²) in [5.74, 6) is 0.881. The summed E-state index contributed by atoms with van der Waals surface area (Å²) in [5.41, 5.74) is 3.49. The predicted octanol–water partition coefficient (Wildman–Crippen LogP) is 3.14. The quantitative estimate of drug-likeness (QED) is 0.834. The second-order valence-corrected chi connectivity index (χ2v) is 4.08. The average Bonchev–Trinajstić information content (AvgIpc) is 2.96. The number of hydrogen-bond donors (Lipinski definition) is 1. The lowest BCUT2D eigenvalue weighted by Crippen LogP contribution is -1.84. The Bertz CT molecular complexity index is 554. The van der Waals surface area contributed by atoms with Crippen molar-refractivity contribution in [1.29, 1.82) is 0 Å². The summed E-state index contributed by atoms with van der Waals surface area (Å²) in [6.07, 6.45) is 7.68. The van der Waals surface area contributed by atoms with Crippen molar-refractivity contribution < 1.29 is 4.74 Å². The van der Waals surface area contributed by atoms with Crippen molar-refractivity contribution in [2.24, 2.45) is 0 Å². The lowest BCUT2D eigenvalue weighted by Gasteiger charge is -1.98. The highest BCUT2D eigenvalue weighted by molar-refractivity contribution is 5.87. The molecule has 0 aromatic carbocycles. The molecule has 0 fully saturated rings. The molecule has 2 heterocycles. The molecule has 1 aliphatic carbocycles. The minimum Gasteiger partial charge on any atom is -0.496 e. The molecule has 0 amide bonds. The van der Waals surface area contributed by atoms with E-state index in [9.17, 15) is 0 Å². The zero-order valence-electron chi connectivity index (χ0n) is 9.29. The molecule has 3 heteroatoms. The van der Waals surface area contributed by atoms with Crippen LogP contribution in [0.4, 0.5) is 0 Å². The first-order valence-electron chi connectivity index (χ1n) is 5.59. The fourth-order valence-electron chi connectivity index (χ4n) is 2.27. The minimum absolute atomic E-state index is 0.881. The minimum atomic E-state index is 0.881. The Morgan fingerprint density at radius 2 is 2.38 bits per heavy atom. The third kappa shape index (κ3) is 1.40. The topological polar surface area (TPSA) is 37.9 Å². The Balaban J connectivity index is 2.15. The summed E-state index contributed by atoms with van der Waals surface area (Å²) >= 11 is 0. The molecule has 0 spiro atoms. The summed E-state index contributed by atoms with van der Waals surface area (Å²) in [7, 11) is 1.69. The van der Waals surface area contributed by atoms with E-state index in [0.717, 1.165) is 23.2 Å². The Morgan fingerprint density at radius 3 is 3.12 bits per heavy atom. The number of nitrogens with one attached hydrogen (secondary N) is 1. The molecule has 16 heavy (non-hydrogen) atoms. The van der Waals surface area contributed by atoms with Gasteiger partial charge >= 0.3 is 0 Å². The molecule has 1 N–H and O–H groups in total. The maximum atomic E-state index is 5.32. The van der Waals surface area contributed by atoms with Crippen molar-refractivity contribution in [1.82, 2.24) is 9.97 Å². The fourth-order valence-corrected chi connectivity index (χ4v) is 2.27. The van der Waals surface area contributed by atoms with E-state index in [-0.39, 0.29) is 0 Å². The van der Waals surface area contributed by atoms with Gasteiger partial charge in [-0.2, -0.15) is 0 Å². The van der Waals surface area contributed by atoms with Gasteiger partial charge in [0.25, 0.3) is 0 Å². The van der Waals surface area contributed by atoms with Gasteiger partial charge in [0.15, 0.2) is 0 Å². The van der Waals surface area contributed by atoms with Crippen LogP contribution < -0.4 is 4.74 Å². The van der Waals surface area contributed by atoms with Gasteiger partial charge in [0.2, 0.25) is 0 Å². The maximum Gasteiger partial charge on any atom is 0.141 e. The molecule has 2 aromatic rings. The molecule has 0 radical (unpaired) electrons. The van der Waals surface area contributed by atoms with Crippen LogP contribution >= 0.6 is 0 Å². The number of allylic oxidation sites excluding steroid dienone is 2. The fraction of sp³-hybridized carbons (Fsp3) is 0.308. The SMILES string of the molecule is COc1ccnc2[nH]c(C3=CCCC3)cc12. The third-order valence-corrected chi connectivity index (χ3v) is 3.10. The molecule has 1 aliphatic rings. The maximum absolute atomic E-state index is 5.32. The van der Waals surface area contributed by atoms with E-state index in [4.69, 9.17) is 4.74 Å². The summed E-state index contributed by atoms with van der Waals surface area (Å²) in [6, 6.07) is 4.03. The van der Waals surface area contributed by atoms with Crippen LogP contribution in [-0.2, 0) is 0 Å². The van der Waals surface area contributed by atoms with E-state index in [1.807, 2.05) is 6.07 Å². The second-order valence-electron chi connectivity index (χ2n) is 4.08. The van der Waals surface area contributed by atoms with Crippen LogP contribution in [0.1, 0.15) is 25.0 Å². The first-order chi connectivity index (χ1) is 7.88. The smallest absolute Gasteiger partial charge is 0.141 e. The third-order valence-electron chi connectivity index (χ3n) is 3.10. The standard InChI is InChI=1S/C13H14N2O/c1-16-12-6-7-14-13-10(12)8-11(15-13)9-4-2-3-5-9/h4,6-8H,2-3,5H2,1H3,(H,14,15). The van der Waals surface area contributed by atoms with E-state index < -0.39 is 0 Å². The van der Waals surface area contributed by atoms with Crippen molar-refractivity contribution in [3.05, 3.63) is 30.1 Å². The highest BCUT2D eigenvalue weighted by atomic mass is 16.5. The molecule has 2 aromatic heterocycles. The van der Waals surface area contributed by atoms with E-state index in [0.29, 0.717) is 0 Å². The van der Waals surface area contributed by atoms with Gasteiger partial charge < -0.3 is 9.72 Å². The molecule has 0 atom stereocenters. The molecule has 82 valence electrons. The molecule has 0 saturated heterocycles. The lowest BCUT2D eigenvalue weighted by molar-refractivity contribution is 0.419. The number of nitrogens with zero attached hydrogens (tertiary/aromatic N) is 1. The molecule has 3 rings (SSSR count). The van der Waals surface area contributed by atoms with Gasteiger partial charge in [-0.1, -0.05) is 6.08 Å². The van der Waals surface area contributed by atoms with E-state index in [1.54, 1.807) is 13.3 Å². The number of aromatic amines is 1. The zero-order valence-corrected chi connectivity index (χ0v) is 9.29.